The molecule has 0 aromatic carbocycles. The monoisotopic (exact) mass is 165 g/mol. The van der Waals surface area contributed by atoms with Crippen LogP contribution in [0.15, 0.2) is 0 Å². The summed E-state index contributed by atoms with van der Waals surface area (Å²) in [5, 5.41) is 0. The smallest absolute Gasteiger partial charge is 0.0243 e. The van der Waals surface area contributed by atoms with Crippen LogP contribution in [0.1, 0.15) is 45.4 Å². The Labute approximate surface area is 75.7 Å². The summed E-state index contributed by atoms with van der Waals surface area (Å²) in [5.41, 5.74) is 6.37. The third kappa shape index (κ3) is 2.01. The predicted molar refractivity (Wildman–Crippen MR) is 52.6 cm³/mol. The van der Waals surface area contributed by atoms with Gasteiger partial charge in [-0.25, -0.2) is 0 Å². The summed E-state index contributed by atoms with van der Waals surface area (Å²) in [6.45, 7) is 2.29. The Morgan fingerprint density at radius 1 is 1.42 bits per heavy atom. The van der Waals surface area contributed by atoms with Gasteiger partial charge in [0, 0.05) is 12.5 Å². The van der Waals surface area contributed by atoms with E-state index in [4.69, 9.17) is 12.2 Å². The molecule has 1 saturated carbocycles. The molecule has 0 aromatic heterocycles. The van der Waals surface area contributed by atoms with Crippen LogP contribution in [0.2, 0.25) is 0 Å². The standard InChI is InChI=1S/C11H19N/c1-3-7-10(12)11(2)8-5-4-6-9-11/h1,10H,4-9,12H2,2H3. The largest absolute Gasteiger partial charge is 0.326 e. The maximum Gasteiger partial charge on any atom is 0.0243 e. The topological polar surface area (TPSA) is 26.0 Å². The van der Waals surface area contributed by atoms with Crippen molar-refractivity contribution in [1.29, 1.82) is 0 Å². The third-order valence-corrected chi connectivity index (χ3v) is 3.23. The maximum absolute atomic E-state index is 6.05. The molecule has 0 aliphatic heterocycles. The van der Waals surface area contributed by atoms with Gasteiger partial charge in [0.1, 0.15) is 0 Å². The normalized spacial score (nSPS) is 24.4. The number of nitrogens with two attached hydrogens (primary N) is 1. The van der Waals surface area contributed by atoms with Crippen LogP contribution < -0.4 is 5.73 Å². The van der Waals surface area contributed by atoms with E-state index in [-0.39, 0.29) is 6.04 Å². The highest BCUT2D eigenvalue weighted by Gasteiger charge is 2.32. The molecule has 0 heterocycles. The lowest BCUT2D eigenvalue weighted by Crippen LogP contribution is -2.40. The summed E-state index contributed by atoms with van der Waals surface area (Å²) >= 11 is 0. The van der Waals surface area contributed by atoms with Gasteiger partial charge in [0.15, 0.2) is 0 Å². The van der Waals surface area contributed by atoms with Gasteiger partial charge in [-0.05, 0) is 18.3 Å². The van der Waals surface area contributed by atoms with Gasteiger partial charge < -0.3 is 5.73 Å². The molecule has 1 aliphatic rings. The molecule has 1 nitrogen and oxygen atoms in total. The van der Waals surface area contributed by atoms with E-state index in [1.54, 1.807) is 0 Å². The number of rotatable bonds is 2. The third-order valence-electron chi connectivity index (χ3n) is 3.23. The lowest BCUT2D eigenvalue weighted by molar-refractivity contribution is 0.171. The van der Waals surface area contributed by atoms with Crippen molar-refractivity contribution in [2.75, 3.05) is 0 Å². The molecule has 0 saturated heterocycles. The first-order valence-electron chi connectivity index (χ1n) is 4.88. The minimum Gasteiger partial charge on any atom is -0.326 e. The average molecular weight is 165 g/mol. The predicted octanol–water partition coefficient (Wildman–Crippen LogP) is 2.31. The molecule has 1 rings (SSSR count). The molecule has 0 spiro atoms. The summed E-state index contributed by atoms with van der Waals surface area (Å²) in [6, 6.07) is 0.211. The van der Waals surface area contributed by atoms with E-state index in [9.17, 15) is 0 Å². The Kier molecular flexibility index (Phi) is 3.17. The number of terminal acetylenes is 1. The zero-order valence-corrected chi connectivity index (χ0v) is 7.97. The lowest BCUT2D eigenvalue weighted by Gasteiger charge is -2.38. The zero-order valence-electron chi connectivity index (χ0n) is 7.97. The van der Waals surface area contributed by atoms with Crippen LogP contribution in [0.3, 0.4) is 0 Å². The van der Waals surface area contributed by atoms with Gasteiger partial charge in [0.2, 0.25) is 0 Å². The Balaban J connectivity index is 2.51. The minimum atomic E-state index is 0.211. The second-order valence-electron chi connectivity index (χ2n) is 4.23. The van der Waals surface area contributed by atoms with Crippen LogP contribution >= 0.6 is 0 Å². The molecule has 0 bridgehead atoms. The fraction of sp³-hybridized carbons (Fsp3) is 0.818. The van der Waals surface area contributed by atoms with Crippen LogP contribution in [0, 0.1) is 17.8 Å². The molecule has 12 heavy (non-hydrogen) atoms. The molecule has 2 N–H and O–H groups in total. The first-order valence-corrected chi connectivity index (χ1v) is 4.88. The molecule has 1 heteroatoms. The van der Waals surface area contributed by atoms with E-state index in [2.05, 4.69) is 12.8 Å². The molecule has 1 aliphatic carbocycles. The highest BCUT2D eigenvalue weighted by atomic mass is 14.7. The molecule has 0 radical (unpaired) electrons. The summed E-state index contributed by atoms with van der Waals surface area (Å²) < 4.78 is 0. The molecule has 1 atom stereocenters. The zero-order chi connectivity index (χ0) is 9.03. The van der Waals surface area contributed by atoms with Crippen molar-refractivity contribution in [2.45, 2.75) is 51.5 Å². The summed E-state index contributed by atoms with van der Waals surface area (Å²) in [7, 11) is 0. The lowest BCUT2D eigenvalue weighted by atomic mass is 9.70. The maximum atomic E-state index is 6.05. The van der Waals surface area contributed by atoms with Crippen molar-refractivity contribution < 1.29 is 0 Å². The fourth-order valence-corrected chi connectivity index (χ4v) is 2.10. The van der Waals surface area contributed by atoms with Crippen LogP contribution in [-0.4, -0.2) is 6.04 Å². The highest BCUT2D eigenvalue weighted by Crippen LogP contribution is 2.38. The van der Waals surface area contributed by atoms with E-state index >= 15 is 0 Å². The van der Waals surface area contributed by atoms with Crippen molar-refractivity contribution in [3.8, 4) is 12.3 Å². The minimum absolute atomic E-state index is 0.211. The van der Waals surface area contributed by atoms with E-state index in [0.29, 0.717) is 5.41 Å². The number of hydrogen-bond donors (Lipinski definition) is 1. The van der Waals surface area contributed by atoms with Crippen molar-refractivity contribution in [1.82, 2.24) is 0 Å². The average Bonchev–Trinajstić information content (AvgIpc) is 2.06. The highest BCUT2D eigenvalue weighted by molar-refractivity contribution is 4.96. The molecular formula is C11H19N. The molecule has 0 amide bonds. The summed E-state index contributed by atoms with van der Waals surface area (Å²) in [6.07, 6.45) is 12.5. The van der Waals surface area contributed by atoms with Gasteiger partial charge in [-0.2, -0.15) is 0 Å². The van der Waals surface area contributed by atoms with Gasteiger partial charge >= 0.3 is 0 Å². The SMILES string of the molecule is C#CCC(N)C1(C)CCCCC1. The molecular weight excluding hydrogens is 146 g/mol. The Bertz CT molecular complexity index is 172. The van der Waals surface area contributed by atoms with Crippen LogP contribution in [-0.2, 0) is 0 Å². The van der Waals surface area contributed by atoms with Crippen molar-refractivity contribution in [3.05, 3.63) is 0 Å². The van der Waals surface area contributed by atoms with E-state index < -0.39 is 0 Å². The van der Waals surface area contributed by atoms with Gasteiger partial charge in [-0.15, -0.1) is 12.3 Å². The second kappa shape index (κ2) is 3.96. The Morgan fingerprint density at radius 3 is 2.50 bits per heavy atom. The molecule has 1 fully saturated rings. The quantitative estimate of drug-likeness (QED) is 0.624. The van der Waals surface area contributed by atoms with E-state index in [0.717, 1.165) is 6.42 Å². The first kappa shape index (κ1) is 9.61. The van der Waals surface area contributed by atoms with Crippen molar-refractivity contribution in [2.24, 2.45) is 11.1 Å². The summed E-state index contributed by atoms with van der Waals surface area (Å²) in [4.78, 5) is 0. The molecule has 1 unspecified atom stereocenters. The van der Waals surface area contributed by atoms with Crippen LogP contribution in [0.25, 0.3) is 0 Å². The Hall–Kier alpha value is -0.480. The van der Waals surface area contributed by atoms with Crippen molar-refractivity contribution >= 4 is 0 Å². The van der Waals surface area contributed by atoms with Gasteiger partial charge in [0.05, 0.1) is 0 Å². The van der Waals surface area contributed by atoms with Gasteiger partial charge in [-0.3, -0.25) is 0 Å². The van der Waals surface area contributed by atoms with Gasteiger partial charge in [0.25, 0.3) is 0 Å². The van der Waals surface area contributed by atoms with Crippen LogP contribution in [0.5, 0.6) is 0 Å². The van der Waals surface area contributed by atoms with Crippen LogP contribution in [0.4, 0.5) is 0 Å². The number of hydrogen-bond acceptors (Lipinski definition) is 1. The van der Waals surface area contributed by atoms with Gasteiger partial charge in [-0.1, -0.05) is 26.2 Å². The second-order valence-corrected chi connectivity index (χ2v) is 4.23. The Morgan fingerprint density at radius 2 is 2.00 bits per heavy atom. The summed E-state index contributed by atoms with van der Waals surface area (Å²) in [5.74, 6) is 2.66. The van der Waals surface area contributed by atoms with E-state index in [1.165, 1.54) is 32.1 Å². The van der Waals surface area contributed by atoms with E-state index in [1.807, 2.05) is 0 Å². The van der Waals surface area contributed by atoms with Crippen molar-refractivity contribution in [3.63, 3.8) is 0 Å². The molecule has 68 valence electrons. The fourth-order valence-electron chi connectivity index (χ4n) is 2.10. The first-order chi connectivity index (χ1) is 5.69. The molecule has 0 aromatic rings.